The minimum Gasteiger partial charge on any atom is -0.377 e. The molecule has 498 valence electrons. The highest BCUT2D eigenvalue weighted by molar-refractivity contribution is 14.1. The third-order valence-corrected chi connectivity index (χ3v) is 25.7. The van der Waals surface area contributed by atoms with Crippen LogP contribution in [0.4, 0.5) is 41.2 Å². The number of carbonyl (C=O) groups is 2. The van der Waals surface area contributed by atoms with Crippen LogP contribution in [0.25, 0.3) is 11.1 Å². The van der Waals surface area contributed by atoms with Crippen LogP contribution in [0, 0.1) is 15.3 Å². The van der Waals surface area contributed by atoms with E-state index in [2.05, 4.69) is 125 Å². The summed E-state index contributed by atoms with van der Waals surface area (Å²) in [5.41, 5.74) is 9.73. The lowest BCUT2D eigenvalue weighted by molar-refractivity contribution is 0.0968. The van der Waals surface area contributed by atoms with Crippen LogP contribution in [-0.4, -0.2) is 170 Å². The van der Waals surface area contributed by atoms with Crippen molar-refractivity contribution in [2.45, 2.75) is 169 Å². The highest BCUT2D eigenvalue weighted by Crippen LogP contribution is 2.57. The molecule has 6 fully saturated rings. The summed E-state index contributed by atoms with van der Waals surface area (Å²) in [6.45, 7) is 7.39. The van der Waals surface area contributed by atoms with E-state index in [9.17, 15) is 18.4 Å². The summed E-state index contributed by atoms with van der Waals surface area (Å²) in [7, 11) is 11.4. The van der Waals surface area contributed by atoms with Gasteiger partial charge in [0.15, 0.2) is 0 Å². The van der Waals surface area contributed by atoms with Gasteiger partial charge in [-0.25, -0.2) is 28.3 Å². The van der Waals surface area contributed by atoms with Crippen LogP contribution in [0.5, 0.6) is 0 Å². The number of halogens is 3. The molecule has 7 heterocycles. The summed E-state index contributed by atoms with van der Waals surface area (Å²) in [6.07, 6.45) is 37.8. The standard InChI is InChI=1S/C26H36NP.C24H31FN6O.C21H30FN3O.C4H3IN2/c1-27(2)25-19-11-9-17-23(25)24-18-10-12-20-26(24)28(21-13-5-3-6-14-21)22-15-7-4-8-16-22;1-28(2)23(32)31-17-24(20-15-18(25)3-4-21(20)31)7-13-29(14-8-24)19-5-11-30(12-6-19)22-16-26-9-10-27-22;1-23(2)20(26)25-15-21(18-14-16(22)8-9-19(18)25)10-12-24(13-11-21)17-6-4-3-5-7-17;5-4-3-6-1-2-7-4/h9-12,17-22H,3-8,13-16H2,1-2H3;3-4,9-10,15-16,19H,5-8,11-14,17H2,1-2H3;8-9,14,17H,3-7,10-13,15H2,1-2H3;1-3H. The molecule has 2 aromatic heterocycles. The zero-order chi connectivity index (χ0) is 65.1. The number of hydrogen-bond donors (Lipinski definition) is 0. The number of para-hydroxylation sites is 1. The molecule has 18 heteroatoms. The first-order valence-electron chi connectivity index (χ1n) is 34.7. The number of fused-ring (bicyclic) bond motifs is 4. The molecule has 3 saturated carbocycles. The lowest BCUT2D eigenvalue weighted by atomic mass is 9.73. The molecule has 3 saturated heterocycles. The second-order valence-corrected chi connectivity index (χ2v) is 31.9. The Morgan fingerprint density at radius 2 is 0.968 bits per heavy atom. The van der Waals surface area contributed by atoms with Crippen molar-refractivity contribution in [1.82, 2.24) is 39.5 Å². The van der Waals surface area contributed by atoms with Gasteiger partial charge in [0.25, 0.3) is 0 Å². The van der Waals surface area contributed by atoms with Crippen molar-refractivity contribution in [3.8, 4) is 11.1 Å². The van der Waals surface area contributed by atoms with Gasteiger partial charge >= 0.3 is 12.1 Å². The fourth-order valence-corrected chi connectivity index (χ4v) is 20.9. The van der Waals surface area contributed by atoms with Gasteiger partial charge in [0.05, 0.1) is 12.4 Å². The minimum absolute atomic E-state index is 0.00977. The number of piperidine rings is 3. The summed E-state index contributed by atoms with van der Waals surface area (Å²) in [5, 5.41) is 1.70. The Kier molecular flexibility index (Phi) is 23.4. The van der Waals surface area contributed by atoms with E-state index in [0.717, 1.165) is 127 Å². The summed E-state index contributed by atoms with van der Waals surface area (Å²) in [6, 6.07) is 29.5. The molecule has 5 aliphatic heterocycles. The van der Waals surface area contributed by atoms with Crippen LogP contribution in [0.15, 0.2) is 122 Å². The maximum Gasteiger partial charge on any atom is 0.323 e. The second kappa shape index (κ2) is 31.8. The van der Waals surface area contributed by atoms with Gasteiger partial charge in [-0.2, -0.15) is 0 Å². The quantitative estimate of drug-likeness (QED) is 0.108. The number of benzene rings is 4. The fraction of sp³-hybridized carbons (Fsp3) is 0.547. The number of rotatable bonds is 8. The Morgan fingerprint density at radius 3 is 1.41 bits per heavy atom. The van der Waals surface area contributed by atoms with Crippen LogP contribution in [0.2, 0.25) is 0 Å². The van der Waals surface area contributed by atoms with E-state index in [1.807, 2.05) is 16.0 Å². The monoisotopic (exact) mass is 1400 g/mol. The summed E-state index contributed by atoms with van der Waals surface area (Å²) in [4.78, 5) is 58.6. The summed E-state index contributed by atoms with van der Waals surface area (Å²) >= 11 is 2.11. The Morgan fingerprint density at radius 1 is 0.516 bits per heavy atom. The predicted molar refractivity (Wildman–Crippen MR) is 386 cm³/mol. The maximum atomic E-state index is 14.2. The van der Waals surface area contributed by atoms with Crippen LogP contribution >= 0.6 is 30.5 Å². The number of aromatic nitrogens is 4. The molecule has 2 spiro atoms. The number of anilines is 4. The normalized spacial score (nSPS) is 20.2. The second-order valence-electron chi connectivity index (χ2n) is 28.0. The van der Waals surface area contributed by atoms with Crippen LogP contribution in [-0.2, 0) is 10.8 Å². The van der Waals surface area contributed by atoms with Crippen LogP contribution in [0.1, 0.15) is 146 Å². The lowest BCUT2D eigenvalue weighted by Gasteiger charge is -2.45. The van der Waals surface area contributed by atoms with Gasteiger partial charge in [0.1, 0.15) is 21.2 Å². The molecule has 8 aliphatic rings. The van der Waals surface area contributed by atoms with Gasteiger partial charge in [0, 0.05) is 139 Å². The van der Waals surface area contributed by atoms with E-state index in [1.54, 1.807) is 98.5 Å². The number of nitrogens with zero attached hydrogens (tertiary/aromatic N) is 12. The van der Waals surface area contributed by atoms with Gasteiger partial charge in [-0.15, -0.1) is 0 Å². The Bertz CT molecular complexity index is 3360. The van der Waals surface area contributed by atoms with Crippen LogP contribution < -0.4 is 24.9 Å². The first-order valence-corrected chi connectivity index (χ1v) is 37.3. The molecular formula is C75H100F2IN12O2P. The first kappa shape index (κ1) is 68.5. The van der Waals surface area contributed by atoms with Crippen molar-refractivity contribution < 1.29 is 18.4 Å². The van der Waals surface area contributed by atoms with Crippen LogP contribution in [0.3, 0.4) is 0 Å². The number of amides is 4. The Balaban J connectivity index is 0.000000136. The largest absolute Gasteiger partial charge is 0.377 e. The zero-order valence-electron chi connectivity index (χ0n) is 56.1. The van der Waals surface area contributed by atoms with Gasteiger partial charge in [-0.05, 0) is 202 Å². The van der Waals surface area contributed by atoms with Crippen molar-refractivity contribution in [3.05, 3.63) is 149 Å². The molecule has 93 heavy (non-hydrogen) atoms. The fourth-order valence-electron chi connectivity index (χ4n) is 16.7. The third kappa shape index (κ3) is 16.2. The molecule has 0 N–H and O–H groups in total. The van der Waals surface area contributed by atoms with Crippen molar-refractivity contribution >= 4 is 70.8 Å². The molecule has 4 aromatic carbocycles. The Labute approximate surface area is 568 Å². The molecule has 14 nitrogen and oxygen atoms in total. The average molecular weight is 1400 g/mol. The van der Waals surface area contributed by atoms with Gasteiger partial charge < -0.3 is 29.4 Å². The molecule has 14 rings (SSSR count). The average Bonchev–Trinajstić information content (AvgIpc) is 1.60. The Hall–Kier alpha value is -5.88. The van der Waals surface area contributed by atoms with Gasteiger partial charge in [-0.3, -0.25) is 19.8 Å². The molecule has 0 bridgehead atoms. The highest BCUT2D eigenvalue weighted by atomic mass is 127. The number of likely N-dealkylation sites (tertiary alicyclic amines) is 2. The minimum atomic E-state index is -0.221. The van der Waals surface area contributed by atoms with E-state index < -0.39 is 0 Å². The topological polar surface area (TPSA) is 112 Å². The molecule has 0 radical (unpaired) electrons. The predicted octanol–water partition coefficient (Wildman–Crippen LogP) is 15.4. The van der Waals surface area contributed by atoms with E-state index in [-0.39, 0.29) is 42.4 Å². The highest BCUT2D eigenvalue weighted by Gasteiger charge is 2.49. The van der Waals surface area contributed by atoms with E-state index in [1.165, 1.54) is 125 Å². The van der Waals surface area contributed by atoms with Crippen molar-refractivity contribution in [3.63, 3.8) is 0 Å². The smallest absolute Gasteiger partial charge is 0.323 e. The molecule has 3 aliphatic carbocycles. The van der Waals surface area contributed by atoms with Crippen molar-refractivity contribution in [2.75, 3.05) is 114 Å². The molecular weight excluding hydrogens is 1300 g/mol. The van der Waals surface area contributed by atoms with Gasteiger partial charge in [0.2, 0.25) is 0 Å². The molecule has 4 amide bonds. The SMILES string of the molecule is CN(C)C(=O)N1CC2(CCN(C3CCCCC3)CC2)c2cc(F)ccc21.CN(C)C(=O)N1CC2(CCN(C3CCN(c4cnccn4)CC3)CC2)c2cc(F)ccc21.CN(C)c1ccccc1-c1ccccc1P(C1CCCCC1)C1CCCCC1.Ic1cnccn1. The van der Waals surface area contributed by atoms with E-state index in [4.69, 9.17) is 0 Å². The van der Waals surface area contributed by atoms with Gasteiger partial charge in [-0.1, -0.05) is 108 Å². The summed E-state index contributed by atoms with van der Waals surface area (Å²) in [5.74, 6) is 0.539. The first-order chi connectivity index (χ1) is 45.1. The third-order valence-electron chi connectivity index (χ3n) is 21.6. The lowest BCUT2D eigenvalue weighted by Crippen LogP contribution is -2.52. The number of urea groups is 2. The molecule has 0 unspecified atom stereocenters. The number of hydrogen-bond acceptors (Lipinski definition) is 10. The van der Waals surface area contributed by atoms with E-state index in [0.29, 0.717) is 19.1 Å². The number of carbonyl (C=O) groups excluding carboxylic acids is 2. The van der Waals surface area contributed by atoms with Crippen molar-refractivity contribution in [1.29, 1.82) is 0 Å². The zero-order valence-corrected chi connectivity index (χ0v) is 59.2. The van der Waals surface area contributed by atoms with Crippen molar-refractivity contribution in [2.24, 2.45) is 0 Å². The summed E-state index contributed by atoms with van der Waals surface area (Å²) < 4.78 is 29.2. The molecule has 6 aromatic rings. The molecule has 0 atom stereocenters. The maximum absolute atomic E-state index is 14.2. The van der Waals surface area contributed by atoms with E-state index >= 15 is 0 Å².